The van der Waals surface area contributed by atoms with Crippen LogP contribution in [0.25, 0.3) is 17.1 Å². The molecule has 0 fully saturated rings. The van der Waals surface area contributed by atoms with Crippen LogP contribution in [0.2, 0.25) is 0 Å². The molecule has 2 heterocycles. The second kappa shape index (κ2) is 11.1. The average Bonchev–Trinajstić information content (AvgIpc) is 3.27. The summed E-state index contributed by atoms with van der Waals surface area (Å²) in [4.78, 5) is 16.8. The van der Waals surface area contributed by atoms with Gasteiger partial charge in [-0.3, -0.25) is 14.3 Å². The van der Waals surface area contributed by atoms with Crippen molar-refractivity contribution in [3.63, 3.8) is 0 Å². The van der Waals surface area contributed by atoms with Crippen LogP contribution in [-0.4, -0.2) is 38.0 Å². The predicted octanol–water partition coefficient (Wildman–Crippen LogP) is 5.21. The molecule has 6 nitrogen and oxygen atoms in total. The number of rotatable bonds is 9. The van der Waals surface area contributed by atoms with Gasteiger partial charge in [0.05, 0.1) is 11.4 Å². The van der Waals surface area contributed by atoms with E-state index in [1.54, 1.807) is 12.4 Å². The van der Waals surface area contributed by atoms with E-state index in [1.165, 1.54) is 22.9 Å². The highest BCUT2D eigenvalue weighted by Crippen LogP contribution is 2.29. The number of nitrogens with zero attached hydrogens (tertiary/aromatic N) is 4. The number of benzene rings is 2. The minimum Gasteiger partial charge on any atom is -0.355 e. The summed E-state index contributed by atoms with van der Waals surface area (Å²) in [5.74, 6) is 1.47. The SMILES string of the molecule is Cc1ccccc1-n1c(SCC(=O)NCCc2ccc(C(C)C)cc2)nnc1-c1cccnc1. The van der Waals surface area contributed by atoms with E-state index in [9.17, 15) is 4.79 Å². The first-order chi connectivity index (χ1) is 16.5. The van der Waals surface area contributed by atoms with E-state index in [0.717, 1.165) is 23.2 Å². The summed E-state index contributed by atoms with van der Waals surface area (Å²) in [5.41, 5.74) is 5.50. The van der Waals surface area contributed by atoms with Crippen molar-refractivity contribution in [2.24, 2.45) is 0 Å². The smallest absolute Gasteiger partial charge is 0.230 e. The van der Waals surface area contributed by atoms with Gasteiger partial charge in [0.2, 0.25) is 5.91 Å². The van der Waals surface area contributed by atoms with E-state index in [2.05, 4.69) is 71.6 Å². The van der Waals surface area contributed by atoms with Crippen LogP contribution < -0.4 is 5.32 Å². The van der Waals surface area contributed by atoms with Gasteiger partial charge >= 0.3 is 0 Å². The van der Waals surface area contributed by atoms with Gasteiger partial charge in [0, 0.05) is 24.5 Å². The third-order valence-electron chi connectivity index (χ3n) is 5.62. The van der Waals surface area contributed by atoms with E-state index < -0.39 is 0 Å². The molecule has 0 spiro atoms. The molecule has 2 aromatic heterocycles. The van der Waals surface area contributed by atoms with Crippen LogP contribution in [-0.2, 0) is 11.2 Å². The molecule has 2 aromatic carbocycles. The number of pyridine rings is 1. The summed E-state index contributed by atoms with van der Waals surface area (Å²) < 4.78 is 2.00. The monoisotopic (exact) mass is 471 g/mol. The Morgan fingerprint density at radius 2 is 1.82 bits per heavy atom. The van der Waals surface area contributed by atoms with E-state index in [4.69, 9.17) is 0 Å². The Balaban J connectivity index is 1.42. The normalized spacial score (nSPS) is 11.1. The number of aromatic nitrogens is 4. The van der Waals surface area contributed by atoms with Gasteiger partial charge in [0.15, 0.2) is 11.0 Å². The lowest BCUT2D eigenvalue weighted by molar-refractivity contribution is -0.118. The Kier molecular flexibility index (Phi) is 7.75. The summed E-state index contributed by atoms with van der Waals surface area (Å²) in [6, 6.07) is 20.5. The molecule has 0 unspecified atom stereocenters. The zero-order valence-corrected chi connectivity index (χ0v) is 20.5. The predicted molar refractivity (Wildman–Crippen MR) is 137 cm³/mol. The molecule has 174 valence electrons. The quantitative estimate of drug-likeness (QED) is 0.339. The molecule has 0 saturated carbocycles. The standard InChI is InChI=1S/C27H29N5OS/c1-19(2)22-12-10-21(11-13-22)14-16-29-25(33)18-34-27-31-30-26(23-8-6-15-28-17-23)32(27)24-9-5-4-7-20(24)3/h4-13,15,17,19H,14,16,18H2,1-3H3,(H,29,33). The number of amides is 1. The molecule has 0 atom stereocenters. The van der Waals surface area contributed by atoms with Crippen molar-refractivity contribution in [3.05, 3.63) is 89.7 Å². The fourth-order valence-corrected chi connectivity index (χ4v) is 4.45. The summed E-state index contributed by atoms with van der Waals surface area (Å²) in [7, 11) is 0. The molecule has 7 heteroatoms. The minimum absolute atomic E-state index is 0.0222. The maximum Gasteiger partial charge on any atom is 0.230 e. The topological polar surface area (TPSA) is 72.7 Å². The Morgan fingerprint density at radius 3 is 2.53 bits per heavy atom. The summed E-state index contributed by atoms with van der Waals surface area (Å²) in [6.45, 7) is 7.03. The molecule has 4 aromatic rings. The Morgan fingerprint density at radius 1 is 1.03 bits per heavy atom. The number of hydrogen-bond donors (Lipinski definition) is 1. The molecule has 0 radical (unpaired) electrons. The lowest BCUT2D eigenvalue weighted by Crippen LogP contribution is -2.27. The molecule has 4 rings (SSSR count). The van der Waals surface area contributed by atoms with Gasteiger partial charge in [0.25, 0.3) is 0 Å². The molecule has 0 aliphatic rings. The van der Waals surface area contributed by atoms with Crippen molar-refractivity contribution < 1.29 is 4.79 Å². The van der Waals surface area contributed by atoms with Crippen molar-refractivity contribution in [2.75, 3.05) is 12.3 Å². The lowest BCUT2D eigenvalue weighted by Gasteiger charge is -2.12. The van der Waals surface area contributed by atoms with E-state index >= 15 is 0 Å². The number of carbonyl (C=O) groups is 1. The van der Waals surface area contributed by atoms with Crippen LogP contribution in [0.3, 0.4) is 0 Å². The van der Waals surface area contributed by atoms with Crippen LogP contribution in [0.5, 0.6) is 0 Å². The van der Waals surface area contributed by atoms with Gasteiger partial charge in [0.1, 0.15) is 0 Å². The van der Waals surface area contributed by atoms with Gasteiger partial charge in [-0.05, 0) is 54.2 Å². The second-order valence-electron chi connectivity index (χ2n) is 8.45. The zero-order valence-electron chi connectivity index (χ0n) is 19.7. The second-order valence-corrected chi connectivity index (χ2v) is 9.40. The van der Waals surface area contributed by atoms with E-state index in [1.807, 2.05) is 34.9 Å². The average molecular weight is 472 g/mol. The summed E-state index contributed by atoms with van der Waals surface area (Å²) >= 11 is 1.38. The van der Waals surface area contributed by atoms with Crippen LogP contribution in [0.15, 0.2) is 78.2 Å². The largest absolute Gasteiger partial charge is 0.355 e. The summed E-state index contributed by atoms with van der Waals surface area (Å²) in [6.07, 6.45) is 4.31. The molecule has 1 N–H and O–H groups in total. The van der Waals surface area contributed by atoms with Gasteiger partial charge in [-0.15, -0.1) is 10.2 Å². The fourth-order valence-electron chi connectivity index (χ4n) is 3.67. The lowest BCUT2D eigenvalue weighted by atomic mass is 10.0. The maximum atomic E-state index is 12.5. The van der Waals surface area contributed by atoms with E-state index in [-0.39, 0.29) is 11.7 Å². The highest BCUT2D eigenvalue weighted by atomic mass is 32.2. The van der Waals surface area contributed by atoms with Crippen LogP contribution in [0.4, 0.5) is 0 Å². The Labute approximate surface area is 204 Å². The molecular weight excluding hydrogens is 442 g/mol. The molecular formula is C27H29N5OS. The van der Waals surface area contributed by atoms with Gasteiger partial charge < -0.3 is 5.32 Å². The first-order valence-corrected chi connectivity index (χ1v) is 12.4. The first-order valence-electron chi connectivity index (χ1n) is 11.4. The molecule has 1 amide bonds. The molecule has 34 heavy (non-hydrogen) atoms. The van der Waals surface area contributed by atoms with Crippen LogP contribution in [0.1, 0.15) is 36.5 Å². The van der Waals surface area contributed by atoms with Crippen molar-refractivity contribution in [1.82, 2.24) is 25.1 Å². The van der Waals surface area contributed by atoms with Crippen LogP contribution in [0, 0.1) is 6.92 Å². The summed E-state index contributed by atoms with van der Waals surface area (Å²) in [5, 5.41) is 12.5. The number of hydrogen-bond acceptors (Lipinski definition) is 5. The Bertz CT molecular complexity index is 1240. The minimum atomic E-state index is -0.0222. The van der Waals surface area contributed by atoms with Crippen molar-refractivity contribution in [2.45, 2.75) is 38.3 Å². The fraction of sp³-hybridized carbons (Fsp3) is 0.259. The zero-order chi connectivity index (χ0) is 23.9. The van der Waals surface area contributed by atoms with Crippen molar-refractivity contribution >= 4 is 17.7 Å². The molecule has 0 aliphatic carbocycles. The highest BCUT2D eigenvalue weighted by Gasteiger charge is 2.18. The third kappa shape index (κ3) is 5.72. The molecule has 0 aliphatic heterocycles. The first kappa shape index (κ1) is 23.7. The highest BCUT2D eigenvalue weighted by molar-refractivity contribution is 7.99. The molecule has 0 saturated heterocycles. The number of nitrogens with one attached hydrogen (secondary N) is 1. The van der Waals surface area contributed by atoms with E-state index in [0.29, 0.717) is 23.4 Å². The third-order valence-corrected chi connectivity index (χ3v) is 6.55. The Hall–Kier alpha value is -3.45. The van der Waals surface area contributed by atoms with Crippen molar-refractivity contribution in [1.29, 1.82) is 0 Å². The van der Waals surface area contributed by atoms with Gasteiger partial charge in [-0.25, -0.2) is 0 Å². The number of thioether (sulfide) groups is 1. The number of para-hydroxylation sites is 1. The van der Waals surface area contributed by atoms with Crippen LogP contribution >= 0.6 is 11.8 Å². The van der Waals surface area contributed by atoms with Crippen molar-refractivity contribution in [3.8, 4) is 17.1 Å². The number of aryl methyl sites for hydroxylation is 1. The van der Waals surface area contributed by atoms with Gasteiger partial charge in [-0.1, -0.05) is 68.1 Å². The maximum absolute atomic E-state index is 12.5. The number of carbonyl (C=O) groups excluding carboxylic acids is 1. The molecule has 0 bridgehead atoms. The van der Waals surface area contributed by atoms with Gasteiger partial charge in [-0.2, -0.15) is 0 Å².